The van der Waals surface area contributed by atoms with Crippen LogP contribution in [-0.4, -0.2) is 4.98 Å². The Bertz CT molecular complexity index is 417. The monoisotopic (exact) mass is 202 g/mol. The number of rotatable bonds is 2. The lowest BCUT2D eigenvalue weighted by Crippen LogP contribution is -1.83. The summed E-state index contributed by atoms with van der Waals surface area (Å²) in [5.74, 6) is 0. The van der Waals surface area contributed by atoms with Gasteiger partial charge in [0.2, 0.25) is 0 Å². The van der Waals surface area contributed by atoms with Crippen molar-refractivity contribution in [2.75, 3.05) is 0 Å². The van der Waals surface area contributed by atoms with Gasteiger partial charge in [-0.2, -0.15) is 0 Å². The average Bonchev–Trinajstić information content (AvgIpc) is 2.61. The Kier molecular flexibility index (Phi) is 2.64. The van der Waals surface area contributed by atoms with Crippen molar-refractivity contribution in [2.45, 2.75) is 13.3 Å². The van der Waals surface area contributed by atoms with Gasteiger partial charge in [0.15, 0.2) is 0 Å². The second-order valence-corrected chi connectivity index (χ2v) is 4.33. The van der Waals surface area contributed by atoms with E-state index < -0.39 is 0 Å². The summed E-state index contributed by atoms with van der Waals surface area (Å²) in [6.45, 7) is 5.94. The molecule has 0 spiro atoms. The Morgan fingerprint density at radius 3 is 2.64 bits per heavy atom. The molecule has 0 fully saturated rings. The predicted molar refractivity (Wildman–Crippen MR) is 61.3 cm³/mol. The van der Waals surface area contributed by atoms with E-state index in [9.17, 15) is 0 Å². The molecular weight excluding hydrogens is 190 g/mol. The van der Waals surface area contributed by atoms with Crippen LogP contribution in [0.4, 0.5) is 0 Å². The Hall–Kier alpha value is -1.15. The fourth-order valence-electron chi connectivity index (χ4n) is 1.45. The minimum absolute atomic E-state index is 0.758. The molecule has 14 heavy (non-hydrogen) atoms. The summed E-state index contributed by atoms with van der Waals surface area (Å²) in [6.07, 6.45) is 0.758. The van der Waals surface area contributed by atoms with Crippen molar-refractivity contribution in [3.63, 3.8) is 0 Å². The van der Waals surface area contributed by atoms with E-state index in [0.29, 0.717) is 0 Å². The molecule has 0 saturated carbocycles. The van der Waals surface area contributed by atoms with Crippen LogP contribution in [0.1, 0.15) is 10.7 Å². The second-order valence-electron chi connectivity index (χ2n) is 3.12. The Balaban J connectivity index is 2.51. The highest BCUT2D eigenvalue weighted by Gasteiger charge is 2.08. The number of benzene rings is 1. The lowest BCUT2D eigenvalue weighted by atomic mass is 10.1. The summed E-state index contributed by atoms with van der Waals surface area (Å²) < 4.78 is 0. The molecule has 0 N–H and O–H groups in total. The van der Waals surface area contributed by atoms with Gasteiger partial charge in [0.25, 0.3) is 0 Å². The first-order valence-electron chi connectivity index (χ1n) is 4.62. The van der Waals surface area contributed by atoms with Crippen molar-refractivity contribution < 1.29 is 0 Å². The van der Waals surface area contributed by atoms with Gasteiger partial charge in [-0.05, 0) is 25.8 Å². The molecular formula is C12H12NS. The minimum atomic E-state index is 0.758. The van der Waals surface area contributed by atoms with E-state index in [1.54, 1.807) is 11.3 Å². The van der Waals surface area contributed by atoms with Crippen LogP contribution in [0.2, 0.25) is 0 Å². The molecule has 1 nitrogen and oxygen atoms in total. The van der Waals surface area contributed by atoms with E-state index in [1.165, 1.54) is 10.4 Å². The molecule has 0 aliphatic rings. The van der Waals surface area contributed by atoms with Gasteiger partial charge < -0.3 is 0 Å². The minimum Gasteiger partial charge on any atom is -0.246 e. The molecule has 1 radical (unpaired) electrons. The zero-order chi connectivity index (χ0) is 9.97. The topological polar surface area (TPSA) is 12.9 Å². The Labute approximate surface area is 88.4 Å². The van der Waals surface area contributed by atoms with E-state index in [2.05, 4.69) is 36.2 Å². The summed E-state index contributed by atoms with van der Waals surface area (Å²) in [4.78, 5) is 5.72. The molecule has 1 aromatic carbocycles. The quantitative estimate of drug-likeness (QED) is 0.726. The standard InChI is InChI=1S/C12H12NS/c1-3-11-12(14-9(2)13-11)10-7-5-4-6-8-10/h4-8H,1,3H2,2H3. The van der Waals surface area contributed by atoms with Crippen molar-refractivity contribution in [1.29, 1.82) is 0 Å². The van der Waals surface area contributed by atoms with Crippen LogP contribution >= 0.6 is 11.3 Å². The number of aryl methyl sites for hydroxylation is 1. The number of hydrogen-bond donors (Lipinski definition) is 0. The summed E-state index contributed by atoms with van der Waals surface area (Å²) >= 11 is 1.74. The molecule has 0 aliphatic heterocycles. The first-order valence-corrected chi connectivity index (χ1v) is 5.44. The van der Waals surface area contributed by atoms with Crippen molar-refractivity contribution in [3.8, 4) is 10.4 Å². The molecule has 2 heteroatoms. The fourth-order valence-corrected chi connectivity index (χ4v) is 2.43. The van der Waals surface area contributed by atoms with Gasteiger partial charge >= 0.3 is 0 Å². The van der Waals surface area contributed by atoms with Gasteiger partial charge in [0, 0.05) is 0 Å². The summed E-state index contributed by atoms with van der Waals surface area (Å²) in [5, 5.41) is 1.11. The first kappa shape index (κ1) is 9.41. The largest absolute Gasteiger partial charge is 0.246 e. The molecule has 2 rings (SSSR count). The van der Waals surface area contributed by atoms with E-state index in [1.807, 2.05) is 13.0 Å². The normalized spacial score (nSPS) is 10.4. The SMILES string of the molecule is [CH2]Cc1nc(C)sc1-c1ccccc1. The maximum Gasteiger partial charge on any atom is 0.0903 e. The van der Waals surface area contributed by atoms with Crippen LogP contribution in [-0.2, 0) is 6.42 Å². The maximum absolute atomic E-state index is 4.46. The first-order chi connectivity index (χ1) is 6.81. The van der Waals surface area contributed by atoms with Gasteiger partial charge in [-0.3, -0.25) is 0 Å². The molecule has 0 bridgehead atoms. The molecule has 1 heterocycles. The maximum atomic E-state index is 4.46. The molecule has 2 aromatic rings. The van der Waals surface area contributed by atoms with Gasteiger partial charge in [0.05, 0.1) is 15.6 Å². The fraction of sp³-hybridized carbons (Fsp3) is 0.167. The van der Waals surface area contributed by atoms with Crippen LogP contribution in [0.5, 0.6) is 0 Å². The number of thiazole rings is 1. The summed E-state index contributed by atoms with van der Waals surface area (Å²) in [7, 11) is 0. The van der Waals surface area contributed by atoms with Gasteiger partial charge in [-0.15, -0.1) is 11.3 Å². The van der Waals surface area contributed by atoms with Crippen LogP contribution in [0.3, 0.4) is 0 Å². The van der Waals surface area contributed by atoms with Crippen molar-refractivity contribution in [2.24, 2.45) is 0 Å². The van der Waals surface area contributed by atoms with Crippen molar-refractivity contribution in [3.05, 3.63) is 48.0 Å². The molecule has 0 saturated heterocycles. The summed E-state index contributed by atoms with van der Waals surface area (Å²) in [5.41, 5.74) is 2.36. The zero-order valence-corrected chi connectivity index (χ0v) is 8.97. The third kappa shape index (κ3) is 1.70. The zero-order valence-electron chi connectivity index (χ0n) is 8.16. The highest BCUT2D eigenvalue weighted by Crippen LogP contribution is 2.29. The summed E-state index contributed by atoms with van der Waals surface area (Å²) in [6, 6.07) is 10.4. The number of nitrogens with zero attached hydrogens (tertiary/aromatic N) is 1. The molecule has 0 atom stereocenters. The van der Waals surface area contributed by atoms with Crippen LogP contribution in [0, 0.1) is 13.8 Å². The van der Waals surface area contributed by atoms with Crippen LogP contribution in [0.15, 0.2) is 30.3 Å². The van der Waals surface area contributed by atoms with Crippen molar-refractivity contribution >= 4 is 11.3 Å². The Morgan fingerprint density at radius 2 is 2.00 bits per heavy atom. The van der Waals surface area contributed by atoms with E-state index in [4.69, 9.17) is 0 Å². The Morgan fingerprint density at radius 1 is 1.29 bits per heavy atom. The highest BCUT2D eigenvalue weighted by molar-refractivity contribution is 7.15. The second kappa shape index (κ2) is 3.93. The lowest BCUT2D eigenvalue weighted by Gasteiger charge is -1.98. The van der Waals surface area contributed by atoms with E-state index >= 15 is 0 Å². The molecule has 0 amide bonds. The smallest absolute Gasteiger partial charge is 0.0903 e. The molecule has 1 aromatic heterocycles. The average molecular weight is 202 g/mol. The third-order valence-electron chi connectivity index (χ3n) is 2.08. The molecule has 0 unspecified atom stereocenters. The van der Waals surface area contributed by atoms with Crippen LogP contribution in [0.25, 0.3) is 10.4 Å². The highest BCUT2D eigenvalue weighted by atomic mass is 32.1. The molecule has 71 valence electrons. The number of hydrogen-bond acceptors (Lipinski definition) is 2. The number of aromatic nitrogens is 1. The van der Waals surface area contributed by atoms with Crippen LogP contribution < -0.4 is 0 Å². The predicted octanol–water partition coefficient (Wildman–Crippen LogP) is 3.50. The van der Waals surface area contributed by atoms with E-state index in [0.717, 1.165) is 17.1 Å². The molecule has 0 aliphatic carbocycles. The van der Waals surface area contributed by atoms with Crippen molar-refractivity contribution in [1.82, 2.24) is 4.98 Å². The van der Waals surface area contributed by atoms with Gasteiger partial charge in [-0.25, -0.2) is 4.98 Å². The van der Waals surface area contributed by atoms with Gasteiger partial charge in [0.1, 0.15) is 0 Å². The van der Waals surface area contributed by atoms with E-state index in [-0.39, 0.29) is 0 Å². The third-order valence-corrected chi connectivity index (χ3v) is 3.14. The lowest BCUT2D eigenvalue weighted by molar-refractivity contribution is 1.12. The van der Waals surface area contributed by atoms with Gasteiger partial charge in [-0.1, -0.05) is 30.3 Å².